The van der Waals surface area contributed by atoms with Crippen LogP contribution < -0.4 is 5.32 Å². The van der Waals surface area contributed by atoms with Crippen LogP contribution in [0.2, 0.25) is 0 Å². The predicted octanol–water partition coefficient (Wildman–Crippen LogP) is 4.10. The van der Waals surface area contributed by atoms with Crippen molar-refractivity contribution in [3.63, 3.8) is 0 Å². The fourth-order valence-corrected chi connectivity index (χ4v) is 2.82. The summed E-state index contributed by atoms with van der Waals surface area (Å²) < 4.78 is 15.1. The zero-order valence-electron chi connectivity index (χ0n) is 14.0. The first kappa shape index (κ1) is 16.0. The number of halogens is 1. The molecule has 1 amide bonds. The third-order valence-corrected chi connectivity index (χ3v) is 4.03. The maximum Gasteiger partial charge on any atom is 0.256 e. The Hall–Kier alpha value is -3.54. The second-order valence-corrected chi connectivity index (χ2v) is 5.93. The number of imidazole rings is 1. The molecule has 0 saturated heterocycles. The summed E-state index contributed by atoms with van der Waals surface area (Å²) in [5.74, 6) is 0.236. The summed E-state index contributed by atoms with van der Waals surface area (Å²) in [6.07, 6.45) is 3.43. The molecule has 2 aromatic carbocycles. The average molecular weight is 346 g/mol. The van der Waals surface area contributed by atoms with Crippen molar-refractivity contribution in [2.75, 3.05) is 5.32 Å². The molecule has 0 aliphatic rings. The van der Waals surface area contributed by atoms with Gasteiger partial charge in [-0.1, -0.05) is 17.7 Å². The van der Waals surface area contributed by atoms with Crippen LogP contribution in [0, 0.1) is 12.7 Å². The Labute approximate surface area is 149 Å². The van der Waals surface area contributed by atoms with Gasteiger partial charge in [0.2, 0.25) is 5.78 Å². The van der Waals surface area contributed by atoms with Crippen LogP contribution in [-0.4, -0.2) is 20.3 Å². The van der Waals surface area contributed by atoms with E-state index in [0.29, 0.717) is 22.9 Å². The van der Waals surface area contributed by atoms with Crippen molar-refractivity contribution in [2.24, 2.45) is 0 Å². The summed E-state index contributed by atoms with van der Waals surface area (Å²) in [5.41, 5.74) is 2.91. The highest BCUT2D eigenvalue weighted by Gasteiger charge is 2.17. The maximum absolute atomic E-state index is 13.3. The molecule has 0 saturated carbocycles. The van der Waals surface area contributed by atoms with E-state index in [1.165, 1.54) is 12.1 Å². The average Bonchev–Trinajstić information content (AvgIpc) is 3.00. The number of anilines is 1. The van der Waals surface area contributed by atoms with E-state index in [1.807, 2.05) is 19.1 Å². The molecule has 1 N–H and O–H groups in total. The standard InChI is InChI=1S/C20H15FN4O/c1-13-4-2-5-15(12-13)19(26)23-18-17(14-6-8-16(21)9-7-14)25-11-3-10-22-20(25)24-18/h2-12H,1H3,(H,23,26). The molecule has 2 aromatic heterocycles. The lowest BCUT2D eigenvalue weighted by molar-refractivity contribution is 0.102. The minimum Gasteiger partial charge on any atom is -0.305 e. The molecule has 0 aliphatic carbocycles. The van der Waals surface area contributed by atoms with Gasteiger partial charge in [-0.15, -0.1) is 0 Å². The van der Waals surface area contributed by atoms with Gasteiger partial charge in [0.1, 0.15) is 5.82 Å². The molecule has 0 bridgehead atoms. The second-order valence-electron chi connectivity index (χ2n) is 5.93. The van der Waals surface area contributed by atoms with Crippen molar-refractivity contribution < 1.29 is 9.18 Å². The Morgan fingerprint density at radius 1 is 1.12 bits per heavy atom. The number of amides is 1. The highest BCUT2D eigenvalue weighted by Crippen LogP contribution is 2.29. The topological polar surface area (TPSA) is 59.3 Å². The number of hydrogen-bond donors (Lipinski definition) is 1. The SMILES string of the molecule is Cc1cccc(C(=O)Nc2nc3ncccn3c2-c2ccc(F)cc2)c1. The molecule has 2 heterocycles. The number of aryl methyl sites for hydroxylation is 1. The number of carbonyl (C=O) groups is 1. The van der Waals surface area contributed by atoms with Crippen LogP contribution >= 0.6 is 0 Å². The molecule has 0 radical (unpaired) electrons. The summed E-state index contributed by atoms with van der Waals surface area (Å²) in [5, 5.41) is 2.85. The fourth-order valence-electron chi connectivity index (χ4n) is 2.82. The van der Waals surface area contributed by atoms with E-state index < -0.39 is 0 Å². The van der Waals surface area contributed by atoms with Crippen molar-refractivity contribution in [1.29, 1.82) is 0 Å². The molecule has 6 heteroatoms. The summed E-state index contributed by atoms with van der Waals surface area (Å²) in [4.78, 5) is 21.3. The quantitative estimate of drug-likeness (QED) is 0.608. The Kier molecular flexibility index (Phi) is 3.93. The molecule has 0 aliphatic heterocycles. The molecular formula is C20H15FN4O. The van der Waals surface area contributed by atoms with E-state index in [9.17, 15) is 9.18 Å². The predicted molar refractivity (Wildman–Crippen MR) is 97.5 cm³/mol. The van der Waals surface area contributed by atoms with Gasteiger partial charge in [0.25, 0.3) is 5.91 Å². The van der Waals surface area contributed by atoms with Crippen LogP contribution in [0.1, 0.15) is 15.9 Å². The minimum atomic E-state index is -0.328. The first-order chi connectivity index (χ1) is 12.6. The molecule has 0 fully saturated rings. The zero-order chi connectivity index (χ0) is 18.1. The Morgan fingerprint density at radius 3 is 2.69 bits per heavy atom. The number of carbonyl (C=O) groups excluding carboxylic acids is 1. The van der Waals surface area contributed by atoms with E-state index in [4.69, 9.17) is 0 Å². The van der Waals surface area contributed by atoms with Gasteiger partial charge in [-0.3, -0.25) is 9.20 Å². The molecule has 5 nitrogen and oxygen atoms in total. The summed E-state index contributed by atoms with van der Waals surface area (Å²) in [7, 11) is 0. The van der Waals surface area contributed by atoms with Crippen LogP contribution in [0.3, 0.4) is 0 Å². The summed E-state index contributed by atoms with van der Waals surface area (Å²) in [6.45, 7) is 1.93. The third kappa shape index (κ3) is 2.93. The Morgan fingerprint density at radius 2 is 1.92 bits per heavy atom. The van der Waals surface area contributed by atoms with Gasteiger partial charge >= 0.3 is 0 Å². The zero-order valence-corrected chi connectivity index (χ0v) is 14.0. The molecule has 0 unspecified atom stereocenters. The molecule has 128 valence electrons. The van der Waals surface area contributed by atoms with E-state index in [2.05, 4.69) is 15.3 Å². The van der Waals surface area contributed by atoms with Gasteiger partial charge in [0, 0.05) is 23.5 Å². The normalized spacial score (nSPS) is 10.8. The van der Waals surface area contributed by atoms with Crippen LogP contribution in [0.25, 0.3) is 17.0 Å². The lowest BCUT2D eigenvalue weighted by atomic mass is 10.1. The minimum absolute atomic E-state index is 0.263. The number of nitrogens with zero attached hydrogens (tertiary/aromatic N) is 3. The van der Waals surface area contributed by atoms with Crippen molar-refractivity contribution >= 4 is 17.5 Å². The number of benzene rings is 2. The number of nitrogens with one attached hydrogen (secondary N) is 1. The van der Waals surface area contributed by atoms with E-state index in [1.54, 1.807) is 47.1 Å². The molecule has 0 spiro atoms. The Bertz CT molecular complexity index is 1100. The van der Waals surface area contributed by atoms with E-state index in [0.717, 1.165) is 11.1 Å². The van der Waals surface area contributed by atoms with Gasteiger partial charge in [0.15, 0.2) is 5.82 Å². The van der Waals surface area contributed by atoms with E-state index in [-0.39, 0.29) is 11.7 Å². The molecule has 4 aromatic rings. The van der Waals surface area contributed by atoms with Crippen molar-refractivity contribution in [3.05, 3.63) is 83.9 Å². The van der Waals surface area contributed by atoms with Gasteiger partial charge < -0.3 is 5.32 Å². The van der Waals surface area contributed by atoms with Crippen molar-refractivity contribution in [3.8, 4) is 11.3 Å². The van der Waals surface area contributed by atoms with Gasteiger partial charge in [-0.2, -0.15) is 4.98 Å². The number of fused-ring (bicyclic) bond motifs is 1. The highest BCUT2D eigenvalue weighted by molar-refractivity contribution is 6.05. The maximum atomic E-state index is 13.3. The molecule has 0 atom stereocenters. The lowest BCUT2D eigenvalue weighted by Gasteiger charge is -2.07. The fraction of sp³-hybridized carbons (Fsp3) is 0.0500. The summed E-state index contributed by atoms with van der Waals surface area (Å²) >= 11 is 0. The smallest absolute Gasteiger partial charge is 0.256 e. The van der Waals surface area contributed by atoms with Crippen molar-refractivity contribution in [2.45, 2.75) is 6.92 Å². The van der Waals surface area contributed by atoms with Gasteiger partial charge in [0.05, 0.1) is 5.69 Å². The number of aromatic nitrogens is 3. The third-order valence-electron chi connectivity index (χ3n) is 4.03. The highest BCUT2D eigenvalue weighted by atomic mass is 19.1. The second kappa shape index (κ2) is 6.40. The summed E-state index contributed by atoms with van der Waals surface area (Å²) in [6, 6.07) is 15.1. The van der Waals surface area contributed by atoms with Gasteiger partial charge in [-0.25, -0.2) is 9.37 Å². The molecular weight excluding hydrogens is 331 g/mol. The van der Waals surface area contributed by atoms with Gasteiger partial charge in [-0.05, 0) is 49.4 Å². The first-order valence-corrected chi connectivity index (χ1v) is 8.09. The van der Waals surface area contributed by atoms with Crippen LogP contribution in [0.4, 0.5) is 10.2 Å². The van der Waals surface area contributed by atoms with E-state index >= 15 is 0 Å². The van der Waals surface area contributed by atoms with Crippen molar-refractivity contribution in [1.82, 2.24) is 14.4 Å². The lowest BCUT2D eigenvalue weighted by Crippen LogP contribution is -2.13. The monoisotopic (exact) mass is 346 g/mol. The van der Waals surface area contributed by atoms with Crippen LogP contribution in [0.5, 0.6) is 0 Å². The molecule has 26 heavy (non-hydrogen) atoms. The van der Waals surface area contributed by atoms with Crippen LogP contribution in [0.15, 0.2) is 67.0 Å². The largest absolute Gasteiger partial charge is 0.305 e. The Balaban J connectivity index is 1.80. The number of hydrogen-bond acceptors (Lipinski definition) is 3. The number of rotatable bonds is 3. The van der Waals surface area contributed by atoms with Crippen LogP contribution in [-0.2, 0) is 0 Å². The molecule has 4 rings (SSSR count). The first-order valence-electron chi connectivity index (χ1n) is 8.09.